The fourth-order valence-electron chi connectivity index (χ4n) is 1.53. The molecule has 0 amide bonds. The number of ether oxygens (including phenoxy) is 1. The van der Waals surface area contributed by atoms with Gasteiger partial charge in [-0.25, -0.2) is 8.42 Å². The van der Waals surface area contributed by atoms with Gasteiger partial charge in [0.1, 0.15) is 5.75 Å². The first-order chi connectivity index (χ1) is 7.36. The lowest BCUT2D eigenvalue weighted by Crippen LogP contribution is -2.26. The van der Waals surface area contributed by atoms with E-state index >= 15 is 0 Å². The maximum absolute atomic E-state index is 11.9. The van der Waals surface area contributed by atoms with E-state index in [4.69, 9.17) is 10.5 Å². The molecule has 0 aliphatic rings. The molecule has 16 heavy (non-hydrogen) atoms. The Labute approximate surface area is 96.3 Å². The summed E-state index contributed by atoms with van der Waals surface area (Å²) in [6.07, 6.45) is 0. The van der Waals surface area contributed by atoms with Crippen LogP contribution in [0.5, 0.6) is 5.75 Å². The van der Waals surface area contributed by atoms with Gasteiger partial charge in [0.15, 0.2) is 9.84 Å². The fraction of sp³-hybridized carbons (Fsp3) is 0.455. The topological polar surface area (TPSA) is 69.4 Å². The highest BCUT2D eigenvalue weighted by Crippen LogP contribution is 2.22. The van der Waals surface area contributed by atoms with Crippen LogP contribution in [0.3, 0.4) is 0 Å². The van der Waals surface area contributed by atoms with Crippen molar-refractivity contribution in [3.05, 3.63) is 23.8 Å². The largest absolute Gasteiger partial charge is 0.497 e. The summed E-state index contributed by atoms with van der Waals surface area (Å²) in [5, 5.41) is 0. The van der Waals surface area contributed by atoms with Crippen molar-refractivity contribution >= 4 is 9.84 Å². The van der Waals surface area contributed by atoms with E-state index in [1.54, 1.807) is 39.2 Å². The minimum atomic E-state index is -3.30. The van der Waals surface area contributed by atoms with Crippen molar-refractivity contribution in [1.82, 2.24) is 0 Å². The number of rotatable bonds is 4. The molecule has 1 aromatic carbocycles. The normalized spacial score (nSPS) is 13.5. The van der Waals surface area contributed by atoms with Gasteiger partial charge in [-0.05, 0) is 37.6 Å². The van der Waals surface area contributed by atoms with E-state index in [-0.39, 0.29) is 11.8 Å². The van der Waals surface area contributed by atoms with Gasteiger partial charge in [0.2, 0.25) is 0 Å². The summed E-state index contributed by atoms with van der Waals surface area (Å²) in [7, 11) is -1.75. The molecule has 1 unspecified atom stereocenters. The Morgan fingerprint density at radius 1 is 1.44 bits per heavy atom. The molecule has 2 N–H and O–H groups in total. The molecule has 0 aliphatic heterocycles. The highest BCUT2D eigenvalue weighted by molar-refractivity contribution is 7.91. The van der Waals surface area contributed by atoms with Gasteiger partial charge in [0, 0.05) is 6.04 Å². The molecule has 0 aliphatic carbocycles. The van der Waals surface area contributed by atoms with Crippen molar-refractivity contribution in [2.24, 2.45) is 5.73 Å². The summed E-state index contributed by atoms with van der Waals surface area (Å²) < 4.78 is 28.9. The first-order valence-corrected chi connectivity index (χ1v) is 6.65. The van der Waals surface area contributed by atoms with Crippen LogP contribution in [-0.4, -0.2) is 27.3 Å². The molecular weight excluding hydrogens is 226 g/mol. The molecule has 5 heteroatoms. The van der Waals surface area contributed by atoms with E-state index in [1.807, 2.05) is 0 Å². The van der Waals surface area contributed by atoms with Crippen LogP contribution in [0.2, 0.25) is 0 Å². The van der Waals surface area contributed by atoms with Crippen molar-refractivity contribution in [2.45, 2.75) is 24.8 Å². The SMILES string of the molecule is COc1ccc(S(=O)(=O)CC(C)N)c(C)c1. The zero-order valence-electron chi connectivity index (χ0n) is 9.73. The Kier molecular flexibility index (Phi) is 3.93. The van der Waals surface area contributed by atoms with Crippen LogP contribution in [0, 0.1) is 6.92 Å². The van der Waals surface area contributed by atoms with Gasteiger partial charge in [-0.15, -0.1) is 0 Å². The molecule has 90 valence electrons. The van der Waals surface area contributed by atoms with Crippen molar-refractivity contribution in [2.75, 3.05) is 12.9 Å². The molecule has 0 heterocycles. The maximum Gasteiger partial charge on any atom is 0.180 e. The molecule has 0 fully saturated rings. The van der Waals surface area contributed by atoms with Crippen LogP contribution in [0.4, 0.5) is 0 Å². The van der Waals surface area contributed by atoms with Gasteiger partial charge in [-0.2, -0.15) is 0 Å². The molecule has 0 bridgehead atoms. The van der Waals surface area contributed by atoms with Crippen molar-refractivity contribution < 1.29 is 13.2 Å². The highest BCUT2D eigenvalue weighted by Gasteiger charge is 2.18. The lowest BCUT2D eigenvalue weighted by atomic mass is 10.2. The predicted molar refractivity (Wildman–Crippen MR) is 63.4 cm³/mol. The van der Waals surface area contributed by atoms with Crippen molar-refractivity contribution in [3.63, 3.8) is 0 Å². The van der Waals surface area contributed by atoms with E-state index in [9.17, 15) is 8.42 Å². The lowest BCUT2D eigenvalue weighted by molar-refractivity contribution is 0.414. The second-order valence-electron chi connectivity index (χ2n) is 3.89. The summed E-state index contributed by atoms with van der Waals surface area (Å²) in [5.74, 6) is 0.609. The fourth-order valence-corrected chi connectivity index (χ4v) is 3.23. The van der Waals surface area contributed by atoms with Crippen LogP contribution in [-0.2, 0) is 9.84 Å². The van der Waals surface area contributed by atoms with Crippen molar-refractivity contribution in [3.8, 4) is 5.75 Å². The second kappa shape index (κ2) is 4.84. The van der Waals surface area contributed by atoms with E-state index in [1.165, 1.54) is 0 Å². The van der Waals surface area contributed by atoms with Gasteiger partial charge >= 0.3 is 0 Å². The molecule has 1 atom stereocenters. The van der Waals surface area contributed by atoms with Crippen LogP contribution in [0.25, 0.3) is 0 Å². The zero-order chi connectivity index (χ0) is 12.3. The van der Waals surface area contributed by atoms with Crippen LogP contribution < -0.4 is 10.5 Å². The standard InChI is InChI=1S/C11H17NO3S/c1-8-6-10(15-3)4-5-11(8)16(13,14)7-9(2)12/h4-6,9H,7,12H2,1-3H3. The van der Waals surface area contributed by atoms with Gasteiger partial charge < -0.3 is 10.5 Å². The van der Waals surface area contributed by atoms with Crippen LogP contribution in [0.1, 0.15) is 12.5 Å². The van der Waals surface area contributed by atoms with E-state index < -0.39 is 9.84 Å². The second-order valence-corrected chi connectivity index (χ2v) is 5.89. The van der Waals surface area contributed by atoms with Gasteiger partial charge in [-0.3, -0.25) is 0 Å². The number of aryl methyl sites for hydroxylation is 1. The van der Waals surface area contributed by atoms with Crippen LogP contribution >= 0.6 is 0 Å². The average Bonchev–Trinajstić information content (AvgIpc) is 2.14. The Morgan fingerprint density at radius 2 is 2.06 bits per heavy atom. The first-order valence-electron chi connectivity index (χ1n) is 5.00. The third kappa shape index (κ3) is 2.96. The van der Waals surface area contributed by atoms with Gasteiger partial charge in [0.05, 0.1) is 17.8 Å². The van der Waals surface area contributed by atoms with Crippen LogP contribution in [0.15, 0.2) is 23.1 Å². The Hall–Kier alpha value is -1.07. The quantitative estimate of drug-likeness (QED) is 0.860. The number of hydrogen-bond donors (Lipinski definition) is 1. The highest BCUT2D eigenvalue weighted by atomic mass is 32.2. The summed E-state index contributed by atoms with van der Waals surface area (Å²) in [6.45, 7) is 3.42. The number of hydrogen-bond acceptors (Lipinski definition) is 4. The minimum Gasteiger partial charge on any atom is -0.497 e. The van der Waals surface area contributed by atoms with E-state index in [0.717, 1.165) is 0 Å². The third-order valence-electron chi connectivity index (χ3n) is 2.20. The van der Waals surface area contributed by atoms with Gasteiger partial charge in [-0.1, -0.05) is 0 Å². The van der Waals surface area contributed by atoms with E-state index in [2.05, 4.69) is 0 Å². The van der Waals surface area contributed by atoms with Gasteiger partial charge in [0.25, 0.3) is 0 Å². The summed E-state index contributed by atoms with van der Waals surface area (Å²) in [6, 6.07) is 4.53. The molecule has 1 rings (SSSR count). The number of methoxy groups -OCH3 is 1. The number of benzene rings is 1. The number of nitrogens with two attached hydrogens (primary N) is 1. The molecular formula is C11H17NO3S. The molecule has 0 saturated heterocycles. The molecule has 4 nitrogen and oxygen atoms in total. The predicted octanol–water partition coefficient (Wildman–Crippen LogP) is 1.12. The molecule has 0 aromatic heterocycles. The number of sulfone groups is 1. The molecule has 0 radical (unpaired) electrons. The van der Waals surface area contributed by atoms with Crippen molar-refractivity contribution in [1.29, 1.82) is 0 Å². The molecule has 0 spiro atoms. The molecule has 1 aromatic rings. The summed E-state index contributed by atoms with van der Waals surface area (Å²) in [5.41, 5.74) is 6.20. The average molecular weight is 243 g/mol. The Balaban J connectivity index is 3.14. The maximum atomic E-state index is 11.9. The first kappa shape index (κ1) is 13.0. The smallest absolute Gasteiger partial charge is 0.180 e. The Morgan fingerprint density at radius 3 is 2.50 bits per heavy atom. The minimum absolute atomic E-state index is 0.0415. The summed E-state index contributed by atoms with van der Waals surface area (Å²) >= 11 is 0. The lowest BCUT2D eigenvalue weighted by Gasteiger charge is -2.10. The summed E-state index contributed by atoms with van der Waals surface area (Å²) in [4.78, 5) is 0.325. The Bertz CT molecular complexity index is 466. The molecule has 0 saturated carbocycles. The monoisotopic (exact) mass is 243 g/mol. The van der Waals surface area contributed by atoms with E-state index in [0.29, 0.717) is 16.2 Å². The third-order valence-corrected chi connectivity index (χ3v) is 4.29. The zero-order valence-corrected chi connectivity index (χ0v) is 10.5.